The summed E-state index contributed by atoms with van der Waals surface area (Å²) in [6.07, 6.45) is 0. The van der Waals surface area contributed by atoms with Gasteiger partial charge in [-0.1, -0.05) is 48.5 Å². The van der Waals surface area contributed by atoms with Gasteiger partial charge in [-0.2, -0.15) is 0 Å². The molecule has 0 amide bonds. The average Bonchev–Trinajstić information content (AvgIpc) is 2.88. The summed E-state index contributed by atoms with van der Waals surface area (Å²) in [4.78, 5) is 4.41. The zero-order valence-electron chi connectivity index (χ0n) is 18.2. The van der Waals surface area contributed by atoms with Gasteiger partial charge in [0.15, 0.2) is 13.5 Å². The molecule has 0 fully saturated rings. The maximum Gasteiger partial charge on any atom is 0.161 e. The van der Waals surface area contributed by atoms with Crippen LogP contribution in [0.3, 0.4) is 0 Å². The van der Waals surface area contributed by atoms with E-state index in [-0.39, 0.29) is 0 Å². The van der Waals surface area contributed by atoms with Crippen molar-refractivity contribution in [1.82, 2.24) is 0 Å². The fourth-order valence-electron chi connectivity index (χ4n) is 4.30. The molecule has 2 aliphatic heterocycles. The number of hydrogen-bond acceptors (Lipinski definition) is 5. The van der Waals surface area contributed by atoms with Gasteiger partial charge in [0.25, 0.3) is 0 Å². The molecule has 0 atom stereocenters. The molecule has 0 unspecified atom stereocenters. The lowest BCUT2D eigenvalue weighted by molar-refractivity contribution is 0.289. The molecule has 0 aromatic heterocycles. The molecule has 0 radical (unpaired) electrons. The Bertz CT molecular complexity index is 1190. The Kier molecular flexibility index (Phi) is 5.00. The Morgan fingerprint density at radius 2 is 1.03 bits per heavy atom. The second-order valence-electron chi connectivity index (χ2n) is 8.25. The van der Waals surface area contributed by atoms with Crippen molar-refractivity contribution in [2.45, 2.75) is 13.1 Å². The topological polar surface area (TPSA) is 34.2 Å². The van der Waals surface area contributed by atoms with Crippen LogP contribution in [0.15, 0.2) is 97.1 Å². The molecule has 2 aliphatic rings. The van der Waals surface area contributed by atoms with Crippen molar-refractivity contribution >= 4 is 11.4 Å². The number of para-hydroxylation sites is 2. The van der Waals surface area contributed by atoms with Crippen LogP contribution in [0.2, 0.25) is 0 Å². The molecule has 33 heavy (non-hydrogen) atoms. The largest absolute Gasteiger partial charge is 0.473 e. The molecule has 164 valence electrons. The van der Waals surface area contributed by atoms with Gasteiger partial charge in [-0.15, -0.1) is 0 Å². The fourth-order valence-corrected chi connectivity index (χ4v) is 4.30. The van der Waals surface area contributed by atoms with Crippen LogP contribution in [0, 0.1) is 0 Å². The highest BCUT2D eigenvalue weighted by Gasteiger charge is 2.19. The van der Waals surface area contributed by atoms with Crippen LogP contribution in [-0.2, 0) is 13.1 Å². The third-order valence-electron chi connectivity index (χ3n) is 6.02. The highest BCUT2D eigenvalue weighted by atomic mass is 16.5. The van der Waals surface area contributed by atoms with Gasteiger partial charge in [0.05, 0.1) is 0 Å². The zero-order chi connectivity index (χ0) is 22.0. The second-order valence-corrected chi connectivity index (χ2v) is 8.25. The summed E-state index contributed by atoms with van der Waals surface area (Å²) in [6, 6.07) is 32.6. The first-order chi connectivity index (χ1) is 16.3. The van der Waals surface area contributed by atoms with E-state index in [0.29, 0.717) is 13.5 Å². The summed E-state index contributed by atoms with van der Waals surface area (Å²) in [5.74, 6) is 3.51. The van der Waals surface area contributed by atoms with Crippen molar-refractivity contribution in [3.63, 3.8) is 0 Å². The summed E-state index contributed by atoms with van der Waals surface area (Å²) < 4.78 is 18.1. The van der Waals surface area contributed by atoms with Gasteiger partial charge < -0.3 is 24.0 Å². The Morgan fingerprint density at radius 1 is 0.545 bits per heavy atom. The standard InChI is InChI=1S/C28H24N2O3/c1-3-13-27-21(7-1)17-29(19-31-27)23-9-5-11-25(15-23)33-26-12-6-10-24(16-26)30-18-22-8-2-4-14-28(22)32-20-30/h1-16H,17-20H2. The fraction of sp³-hybridized carbons (Fsp3) is 0.143. The minimum Gasteiger partial charge on any atom is -0.473 e. The quantitative estimate of drug-likeness (QED) is 0.381. The lowest BCUT2D eigenvalue weighted by atomic mass is 10.1. The molecule has 0 aliphatic carbocycles. The number of fused-ring (bicyclic) bond motifs is 2. The molecular formula is C28H24N2O3. The van der Waals surface area contributed by atoms with Gasteiger partial charge >= 0.3 is 0 Å². The summed E-state index contributed by atoms with van der Waals surface area (Å²) in [6.45, 7) is 2.66. The third kappa shape index (κ3) is 4.05. The van der Waals surface area contributed by atoms with E-state index >= 15 is 0 Å². The van der Waals surface area contributed by atoms with Gasteiger partial charge in [0.2, 0.25) is 0 Å². The number of benzene rings is 4. The molecule has 5 nitrogen and oxygen atoms in total. The molecule has 6 rings (SSSR count). The molecule has 2 heterocycles. The van der Waals surface area contributed by atoms with Crippen molar-refractivity contribution in [3.05, 3.63) is 108 Å². The smallest absolute Gasteiger partial charge is 0.161 e. The Balaban J connectivity index is 1.18. The minimum absolute atomic E-state index is 0.520. The van der Waals surface area contributed by atoms with E-state index in [4.69, 9.17) is 14.2 Å². The highest BCUT2D eigenvalue weighted by molar-refractivity contribution is 5.56. The van der Waals surface area contributed by atoms with Gasteiger partial charge in [0.1, 0.15) is 23.0 Å². The van der Waals surface area contributed by atoms with Crippen LogP contribution in [0.1, 0.15) is 11.1 Å². The van der Waals surface area contributed by atoms with Crippen molar-refractivity contribution < 1.29 is 14.2 Å². The summed E-state index contributed by atoms with van der Waals surface area (Å²) in [7, 11) is 0. The highest BCUT2D eigenvalue weighted by Crippen LogP contribution is 2.33. The number of rotatable bonds is 4. The normalized spacial score (nSPS) is 14.5. The number of anilines is 2. The van der Waals surface area contributed by atoms with Crippen molar-refractivity contribution in [2.24, 2.45) is 0 Å². The second kappa shape index (κ2) is 8.43. The average molecular weight is 437 g/mol. The van der Waals surface area contributed by atoms with Crippen molar-refractivity contribution in [3.8, 4) is 23.0 Å². The van der Waals surface area contributed by atoms with Crippen LogP contribution >= 0.6 is 0 Å². The molecule has 0 spiro atoms. The predicted octanol–water partition coefficient (Wildman–Crippen LogP) is 6.19. The maximum atomic E-state index is 6.25. The SMILES string of the molecule is c1cc(Oc2cccc(N3COc4ccccc4C3)c2)cc(N2COc3ccccc3C2)c1. The van der Waals surface area contributed by atoms with Gasteiger partial charge in [-0.25, -0.2) is 0 Å². The summed E-state index contributed by atoms with van der Waals surface area (Å²) >= 11 is 0. The molecule has 0 bridgehead atoms. The molecule has 4 aromatic rings. The van der Waals surface area contributed by atoms with E-state index in [1.165, 1.54) is 11.1 Å². The lowest BCUT2D eigenvalue weighted by Gasteiger charge is -2.31. The molecule has 0 saturated heterocycles. The Morgan fingerprint density at radius 3 is 1.55 bits per heavy atom. The monoisotopic (exact) mass is 436 g/mol. The Hall–Kier alpha value is -4.12. The van der Waals surface area contributed by atoms with E-state index < -0.39 is 0 Å². The third-order valence-corrected chi connectivity index (χ3v) is 6.02. The first-order valence-electron chi connectivity index (χ1n) is 11.1. The predicted molar refractivity (Wildman–Crippen MR) is 129 cm³/mol. The van der Waals surface area contributed by atoms with E-state index in [1.807, 2.05) is 60.7 Å². The Labute approximate surface area is 193 Å². The van der Waals surface area contributed by atoms with E-state index in [1.54, 1.807) is 0 Å². The van der Waals surface area contributed by atoms with E-state index in [9.17, 15) is 0 Å². The van der Waals surface area contributed by atoms with E-state index in [0.717, 1.165) is 47.5 Å². The number of nitrogens with zero attached hydrogens (tertiary/aromatic N) is 2. The van der Waals surface area contributed by atoms with Crippen LogP contribution in [0.25, 0.3) is 0 Å². The first-order valence-corrected chi connectivity index (χ1v) is 11.1. The maximum absolute atomic E-state index is 6.25. The van der Waals surface area contributed by atoms with Crippen LogP contribution < -0.4 is 24.0 Å². The van der Waals surface area contributed by atoms with Crippen LogP contribution in [-0.4, -0.2) is 13.5 Å². The molecule has 5 heteroatoms. The van der Waals surface area contributed by atoms with E-state index in [2.05, 4.69) is 46.2 Å². The lowest BCUT2D eigenvalue weighted by Crippen LogP contribution is -2.31. The van der Waals surface area contributed by atoms with Gasteiger partial charge in [-0.05, 0) is 36.4 Å². The first kappa shape index (κ1) is 19.6. The van der Waals surface area contributed by atoms with Gasteiger partial charge in [0, 0.05) is 47.7 Å². The summed E-state index contributed by atoms with van der Waals surface area (Å²) in [5.41, 5.74) is 4.51. The van der Waals surface area contributed by atoms with Crippen LogP contribution in [0.5, 0.6) is 23.0 Å². The summed E-state index contributed by atoms with van der Waals surface area (Å²) in [5, 5.41) is 0. The van der Waals surface area contributed by atoms with Crippen molar-refractivity contribution in [2.75, 3.05) is 23.3 Å². The number of hydrogen-bond donors (Lipinski definition) is 0. The minimum atomic E-state index is 0.520. The molecular weight excluding hydrogens is 412 g/mol. The number of ether oxygens (including phenoxy) is 3. The molecule has 4 aromatic carbocycles. The zero-order valence-corrected chi connectivity index (χ0v) is 18.2. The van der Waals surface area contributed by atoms with Crippen molar-refractivity contribution in [1.29, 1.82) is 0 Å². The molecule has 0 saturated carbocycles. The van der Waals surface area contributed by atoms with Crippen LogP contribution in [0.4, 0.5) is 11.4 Å². The van der Waals surface area contributed by atoms with Gasteiger partial charge in [-0.3, -0.25) is 0 Å². The molecule has 0 N–H and O–H groups in total.